The zero-order valence-corrected chi connectivity index (χ0v) is 12.3. The number of β-amino-alcohol motifs (C(OH)–C–C–N with tert-alkyl or cyclic N) is 1. The molecule has 110 valence electrons. The van der Waals surface area contributed by atoms with Crippen molar-refractivity contribution in [1.82, 2.24) is 15.1 Å². The smallest absolute Gasteiger partial charge is 0.237 e. The third kappa shape index (κ3) is 4.93. The van der Waals surface area contributed by atoms with Crippen LogP contribution in [0.15, 0.2) is 12.7 Å². The van der Waals surface area contributed by atoms with Gasteiger partial charge in [0, 0.05) is 38.8 Å². The highest BCUT2D eigenvalue weighted by Gasteiger charge is 2.29. The molecule has 0 aromatic carbocycles. The Morgan fingerprint density at radius 3 is 2.74 bits per heavy atom. The second-order valence-corrected chi connectivity index (χ2v) is 5.40. The monoisotopic (exact) mass is 269 g/mol. The van der Waals surface area contributed by atoms with E-state index in [4.69, 9.17) is 0 Å². The van der Waals surface area contributed by atoms with Crippen LogP contribution in [0.3, 0.4) is 0 Å². The lowest BCUT2D eigenvalue weighted by molar-refractivity contribution is -0.126. The third-order valence-corrected chi connectivity index (χ3v) is 3.64. The molecule has 0 aliphatic carbocycles. The van der Waals surface area contributed by atoms with Crippen LogP contribution in [0.5, 0.6) is 0 Å². The molecule has 0 radical (unpaired) electrons. The number of nitrogens with one attached hydrogen (secondary N) is 1. The predicted molar refractivity (Wildman–Crippen MR) is 77.0 cm³/mol. The summed E-state index contributed by atoms with van der Waals surface area (Å²) >= 11 is 0. The first kappa shape index (κ1) is 16.1. The van der Waals surface area contributed by atoms with E-state index in [1.54, 1.807) is 6.08 Å². The molecule has 1 fully saturated rings. The van der Waals surface area contributed by atoms with Crippen LogP contribution < -0.4 is 5.32 Å². The maximum Gasteiger partial charge on any atom is 0.237 e. The largest absolute Gasteiger partial charge is 0.392 e. The summed E-state index contributed by atoms with van der Waals surface area (Å²) in [6.45, 7) is 13.3. The van der Waals surface area contributed by atoms with Gasteiger partial charge in [0.1, 0.15) is 0 Å². The number of carbonyl (C=O) groups excluding carboxylic acids is 1. The summed E-state index contributed by atoms with van der Waals surface area (Å²) in [7, 11) is 0. The predicted octanol–water partition coefficient (Wildman–Crippen LogP) is 0.0640. The maximum atomic E-state index is 11.9. The van der Waals surface area contributed by atoms with Gasteiger partial charge in [-0.05, 0) is 20.8 Å². The van der Waals surface area contributed by atoms with Crippen LogP contribution in [-0.2, 0) is 4.79 Å². The van der Waals surface area contributed by atoms with Crippen molar-refractivity contribution in [3.63, 3.8) is 0 Å². The number of hydrogen-bond acceptors (Lipinski definition) is 4. The van der Waals surface area contributed by atoms with Gasteiger partial charge in [-0.3, -0.25) is 14.6 Å². The number of amides is 1. The molecular formula is C14H27N3O2. The maximum absolute atomic E-state index is 11.9. The quantitative estimate of drug-likeness (QED) is 0.670. The van der Waals surface area contributed by atoms with E-state index in [1.165, 1.54) is 0 Å². The number of nitrogens with zero attached hydrogens (tertiary/aromatic N) is 2. The standard InChI is InChI=1S/C14H27N3O2/c1-5-6-15-14(19)13(4)17-8-7-16(10-12(3)18)11(2)9-17/h5,11-13,18H,1,6-10H2,2-4H3,(H,15,19)/t11-,12-,13+/m1/s1. The highest BCUT2D eigenvalue weighted by Crippen LogP contribution is 2.12. The Balaban J connectivity index is 2.46. The molecule has 0 spiro atoms. The Morgan fingerprint density at radius 2 is 2.21 bits per heavy atom. The molecule has 1 aliphatic heterocycles. The van der Waals surface area contributed by atoms with Crippen molar-refractivity contribution >= 4 is 5.91 Å². The molecule has 19 heavy (non-hydrogen) atoms. The number of aliphatic hydroxyl groups is 1. The first-order chi connectivity index (χ1) is 8.95. The molecular weight excluding hydrogens is 242 g/mol. The van der Waals surface area contributed by atoms with Crippen LogP contribution in [0.2, 0.25) is 0 Å². The molecule has 3 atom stereocenters. The topological polar surface area (TPSA) is 55.8 Å². The summed E-state index contributed by atoms with van der Waals surface area (Å²) in [4.78, 5) is 16.4. The van der Waals surface area contributed by atoms with Crippen LogP contribution in [0.1, 0.15) is 20.8 Å². The van der Waals surface area contributed by atoms with Gasteiger partial charge in [0.25, 0.3) is 0 Å². The molecule has 0 bridgehead atoms. The molecule has 0 unspecified atom stereocenters. The van der Waals surface area contributed by atoms with Gasteiger partial charge in [-0.1, -0.05) is 6.08 Å². The molecule has 0 saturated carbocycles. The molecule has 1 rings (SSSR count). The van der Waals surface area contributed by atoms with Crippen LogP contribution >= 0.6 is 0 Å². The van der Waals surface area contributed by atoms with Crippen molar-refractivity contribution < 1.29 is 9.90 Å². The van der Waals surface area contributed by atoms with E-state index in [-0.39, 0.29) is 18.1 Å². The Labute approximate surface area is 116 Å². The van der Waals surface area contributed by atoms with Crippen molar-refractivity contribution in [2.24, 2.45) is 0 Å². The highest BCUT2D eigenvalue weighted by molar-refractivity contribution is 5.81. The summed E-state index contributed by atoms with van der Waals surface area (Å²) in [6.07, 6.45) is 1.38. The third-order valence-electron chi connectivity index (χ3n) is 3.64. The van der Waals surface area contributed by atoms with Gasteiger partial charge in [-0.2, -0.15) is 0 Å². The average molecular weight is 269 g/mol. The van der Waals surface area contributed by atoms with Crippen LogP contribution in [0, 0.1) is 0 Å². The molecule has 2 N–H and O–H groups in total. The van der Waals surface area contributed by atoms with Gasteiger partial charge in [0.05, 0.1) is 12.1 Å². The number of aliphatic hydroxyl groups excluding tert-OH is 1. The zero-order valence-electron chi connectivity index (χ0n) is 12.3. The molecule has 5 nitrogen and oxygen atoms in total. The van der Waals surface area contributed by atoms with E-state index >= 15 is 0 Å². The van der Waals surface area contributed by atoms with E-state index in [0.29, 0.717) is 19.1 Å². The molecule has 5 heteroatoms. The van der Waals surface area contributed by atoms with E-state index < -0.39 is 0 Å². The van der Waals surface area contributed by atoms with Crippen LogP contribution in [0.4, 0.5) is 0 Å². The molecule has 1 saturated heterocycles. The lowest BCUT2D eigenvalue weighted by atomic mass is 10.1. The first-order valence-corrected chi connectivity index (χ1v) is 7.00. The fourth-order valence-electron chi connectivity index (χ4n) is 2.47. The fraction of sp³-hybridized carbons (Fsp3) is 0.786. The van der Waals surface area contributed by atoms with Crippen LogP contribution in [0.25, 0.3) is 0 Å². The Bertz CT molecular complexity index is 307. The highest BCUT2D eigenvalue weighted by atomic mass is 16.3. The second-order valence-electron chi connectivity index (χ2n) is 5.40. The summed E-state index contributed by atoms with van der Waals surface area (Å²) in [5.74, 6) is 0.0519. The van der Waals surface area contributed by atoms with Gasteiger partial charge in [0.15, 0.2) is 0 Å². The first-order valence-electron chi connectivity index (χ1n) is 7.00. The number of rotatable bonds is 6. The number of carbonyl (C=O) groups is 1. The number of hydrogen-bond donors (Lipinski definition) is 2. The zero-order chi connectivity index (χ0) is 14.4. The van der Waals surface area contributed by atoms with Gasteiger partial charge in [0.2, 0.25) is 5.91 Å². The van der Waals surface area contributed by atoms with Crippen molar-refractivity contribution in [2.75, 3.05) is 32.7 Å². The molecule has 0 aromatic rings. The minimum Gasteiger partial charge on any atom is -0.392 e. The van der Waals surface area contributed by atoms with Gasteiger partial charge >= 0.3 is 0 Å². The summed E-state index contributed by atoms with van der Waals surface area (Å²) in [5, 5.41) is 12.3. The minimum absolute atomic E-state index is 0.0519. The minimum atomic E-state index is -0.303. The molecule has 1 aliphatic rings. The normalized spacial score (nSPS) is 24.7. The second kappa shape index (κ2) is 7.62. The van der Waals surface area contributed by atoms with Gasteiger partial charge in [-0.25, -0.2) is 0 Å². The average Bonchev–Trinajstić information content (AvgIpc) is 2.37. The lowest BCUT2D eigenvalue weighted by Gasteiger charge is -2.42. The van der Waals surface area contributed by atoms with Crippen LogP contribution in [-0.4, -0.2) is 71.7 Å². The molecule has 0 aromatic heterocycles. The van der Waals surface area contributed by atoms with E-state index in [0.717, 1.165) is 19.6 Å². The molecule has 1 amide bonds. The van der Waals surface area contributed by atoms with Gasteiger partial charge < -0.3 is 10.4 Å². The van der Waals surface area contributed by atoms with E-state index in [2.05, 4.69) is 28.6 Å². The Morgan fingerprint density at radius 1 is 1.53 bits per heavy atom. The Kier molecular flexibility index (Phi) is 6.48. The van der Waals surface area contributed by atoms with E-state index in [1.807, 2.05) is 13.8 Å². The van der Waals surface area contributed by atoms with Crippen molar-refractivity contribution in [3.05, 3.63) is 12.7 Å². The van der Waals surface area contributed by atoms with Crippen molar-refractivity contribution in [3.8, 4) is 0 Å². The summed E-state index contributed by atoms with van der Waals surface area (Å²) in [6, 6.07) is 0.245. The SMILES string of the molecule is C=CCNC(=O)[C@H](C)N1CCN(C[C@@H](C)O)[C@H](C)C1. The fourth-order valence-corrected chi connectivity index (χ4v) is 2.47. The van der Waals surface area contributed by atoms with Gasteiger partial charge in [-0.15, -0.1) is 6.58 Å². The number of piperazine rings is 1. The van der Waals surface area contributed by atoms with E-state index in [9.17, 15) is 9.90 Å². The van der Waals surface area contributed by atoms with Crippen molar-refractivity contribution in [2.45, 2.75) is 39.0 Å². The molecule has 1 heterocycles. The Hall–Kier alpha value is -0.910. The van der Waals surface area contributed by atoms with Crippen molar-refractivity contribution in [1.29, 1.82) is 0 Å². The lowest BCUT2D eigenvalue weighted by Crippen LogP contribution is -2.58. The summed E-state index contributed by atoms with van der Waals surface area (Å²) in [5.41, 5.74) is 0. The summed E-state index contributed by atoms with van der Waals surface area (Å²) < 4.78 is 0.